The lowest BCUT2D eigenvalue weighted by Gasteiger charge is -2.35. The summed E-state index contributed by atoms with van der Waals surface area (Å²) in [6.07, 6.45) is 2.59. The first kappa shape index (κ1) is 11.0. The summed E-state index contributed by atoms with van der Waals surface area (Å²) in [6, 6.07) is 5.24. The second kappa shape index (κ2) is 4.99. The second-order valence-corrected chi connectivity index (χ2v) is 6.04. The number of rotatable bonds is 1. The van der Waals surface area contributed by atoms with Crippen molar-refractivity contribution in [1.82, 2.24) is 0 Å². The highest BCUT2D eigenvalue weighted by atomic mass is 35.5. The molecular weight excluding hydrogens is 288 g/mol. The van der Waals surface area contributed by atoms with Gasteiger partial charge in [-0.3, -0.25) is 9.59 Å². The highest BCUT2D eigenvalue weighted by Gasteiger charge is 2.46. The van der Waals surface area contributed by atoms with E-state index >= 15 is 0 Å². The van der Waals surface area contributed by atoms with E-state index in [1.54, 1.807) is 18.2 Å². The number of ketones is 1. The second-order valence-electron chi connectivity index (χ2n) is 5.63. The van der Waals surface area contributed by atoms with E-state index in [4.69, 9.17) is 15.7 Å². The minimum atomic E-state index is -2.31. The topological polar surface area (TPSA) is 43.4 Å². The van der Waals surface area contributed by atoms with Gasteiger partial charge in [-0.1, -0.05) is 29.8 Å². The van der Waals surface area contributed by atoms with Crippen molar-refractivity contribution in [2.45, 2.75) is 31.5 Å². The monoisotopic (exact) mass is 307 g/mol. The number of fused-ring (bicyclic) bond motifs is 2. The minimum absolute atomic E-state index is 0.0830. The van der Waals surface area contributed by atoms with Crippen molar-refractivity contribution in [1.29, 1.82) is 0 Å². The Labute approximate surface area is 133 Å². The molecule has 2 aliphatic rings. The lowest BCUT2D eigenvalue weighted by molar-refractivity contribution is -0.151. The van der Waals surface area contributed by atoms with Crippen LogP contribution < -0.4 is 0 Å². The summed E-state index contributed by atoms with van der Waals surface area (Å²) >= 11 is 6.26. The zero-order valence-electron chi connectivity index (χ0n) is 14.6. The summed E-state index contributed by atoms with van der Waals surface area (Å²) in [5.74, 6) is -1.52. The fourth-order valence-electron chi connectivity index (χ4n) is 3.47. The molecule has 2 aliphatic carbocycles. The van der Waals surface area contributed by atoms with Gasteiger partial charge in [0, 0.05) is 21.0 Å². The lowest BCUT2D eigenvalue weighted by atomic mass is 9.67. The van der Waals surface area contributed by atoms with Gasteiger partial charge in [0.05, 0.1) is 7.11 Å². The Balaban J connectivity index is 2.07. The van der Waals surface area contributed by atoms with Crippen LogP contribution in [0.15, 0.2) is 24.3 Å². The molecule has 2 atom stereocenters. The Morgan fingerprint density at radius 3 is 3.00 bits per heavy atom. The number of carbonyl (C=O) groups is 2. The molecule has 110 valence electrons. The summed E-state index contributed by atoms with van der Waals surface area (Å²) in [6.45, 7) is -2.31. The average Bonchev–Trinajstić information content (AvgIpc) is 2.83. The molecule has 21 heavy (non-hydrogen) atoms. The van der Waals surface area contributed by atoms with Crippen LogP contribution in [-0.2, 0) is 19.7 Å². The van der Waals surface area contributed by atoms with E-state index in [1.807, 2.05) is 6.07 Å². The fraction of sp³-hybridized carbons (Fsp3) is 0.412. The van der Waals surface area contributed by atoms with E-state index in [0.29, 0.717) is 23.4 Å². The molecule has 0 bridgehead atoms. The summed E-state index contributed by atoms with van der Waals surface area (Å²) < 4.78 is 28.1. The van der Waals surface area contributed by atoms with Gasteiger partial charge in [-0.25, -0.2) is 0 Å². The molecular formula is C17H17ClO3. The van der Waals surface area contributed by atoms with Crippen LogP contribution in [0.1, 0.15) is 41.4 Å². The first-order chi connectivity index (χ1) is 11.2. The number of carbonyl (C=O) groups excluding carboxylic acids is 2. The first-order valence-corrected chi connectivity index (χ1v) is 7.21. The molecule has 1 aromatic rings. The molecule has 0 N–H and O–H groups in total. The van der Waals surface area contributed by atoms with E-state index in [0.717, 1.165) is 5.56 Å². The molecule has 1 unspecified atom stereocenters. The Kier molecular flexibility index (Phi) is 2.62. The number of allylic oxidation sites excluding steroid dienone is 2. The molecule has 0 heterocycles. The van der Waals surface area contributed by atoms with Gasteiger partial charge in [-0.15, -0.1) is 0 Å². The number of ether oxygens (including phenoxy) is 1. The van der Waals surface area contributed by atoms with E-state index < -0.39 is 24.2 Å². The molecule has 1 saturated carbocycles. The zero-order chi connectivity index (χ0) is 17.7. The predicted molar refractivity (Wildman–Crippen MR) is 81.1 cm³/mol. The number of benzene rings is 1. The molecule has 4 heteroatoms. The standard InChI is InChI=1S/C17H17ClO3/c1-10-8-17(12-4-3-5-13(18)15(10)12)7-6-11(14(19)9-17)16(20)21-2/h3-5,8,11H,6-7,9H2,1-2H3/t11?,17-/m1/s1/i1D3. The Bertz CT molecular complexity index is 754. The maximum absolute atomic E-state index is 12.5. The quantitative estimate of drug-likeness (QED) is 0.589. The molecule has 3 rings (SSSR count). The van der Waals surface area contributed by atoms with Crippen LogP contribution in [0.5, 0.6) is 0 Å². The summed E-state index contributed by atoms with van der Waals surface area (Å²) in [5.41, 5.74) is 0.750. The fourth-order valence-corrected chi connectivity index (χ4v) is 3.75. The van der Waals surface area contributed by atoms with Gasteiger partial charge >= 0.3 is 5.97 Å². The molecule has 0 saturated heterocycles. The smallest absolute Gasteiger partial charge is 0.316 e. The van der Waals surface area contributed by atoms with Crippen LogP contribution in [0.4, 0.5) is 0 Å². The molecule has 0 amide bonds. The van der Waals surface area contributed by atoms with Gasteiger partial charge in [-0.05, 0) is 42.5 Å². The van der Waals surface area contributed by atoms with E-state index in [9.17, 15) is 9.59 Å². The number of halogens is 1. The predicted octanol–water partition coefficient (Wildman–Crippen LogP) is 3.54. The number of esters is 1. The van der Waals surface area contributed by atoms with Gasteiger partial charge in [0.25, 0.3) is 0 Å². The Morgan fingerprint density at radius 2 is 2.33 bits per heavy atom. The highest BCUT2D eigenvalue weighted by molar-refractivity contribution is 6.32. The molecule has 1 fully saturated rings. The molecule has 0 aliphatic heterocycles. The van der Waals surface area contributed by atoms with Crippen molar-refractivity contribution in [3.8, 4) is 0 Å². The SMILES string of the molecule is [2H]C([2H])([2H])C1=C[C@@]2(CCC(C(=O)OC)C(=O)C2)c2cccc(Cl)c21. The summed E-state index contributed by atoms with van der Waals surface area (Å²) in [7, 11) is 1.26. The van der Waals surface area contributed by atoms with E-state index in [1.165, 1.54) is 7.11 Å². The third kappa shape index (κ3) is 2.11. The molecule has 1 spiro atoms. The number of Topliss-reactive ketones (excluding diaryl/α,β-unsaturated/α-hetero) is 1. The van der Waals surface area contributed by atoms with Crippen molar-refractivity contribution in [2.75, 3.05) is 7.11 Å². The van der Waals surface area contributed by atoms with Crippen LogP contribution in [-0.4, -0.2) is 18.9 Å². The van der Waals surface area contributed by atoms with Gasteiger partial charge in [0.2, 0.25) is 0 Å². The van der Waals surface area contributed by atoms with E-state index in [2.05, 4.69) is 4.74 Å². The lowest BCUT2D eigenvalue weighted by Crippen LogP contribution is -2.39. The zero-order valence-corrected chi connectivity index (χ0v) is 12.4. The van der Waals surface area contributed by atoms with E-state index in [-0.39, 0.29) is 17.8 Å². The third-order valence-corrected chi connectivity index (χ3v) is 4.80. The molecule has 1 aromatic carbocycles. The normalized spacial score (nSPS) is 30.2. The van der Waals surface area contributed by atoms with Crippen molar-refractivity contribution >= 4 is 28.9 Å². The van der Waals surface area contributed by atoms with Crippen LogP contribution in [0.2, 0.25) is 5.02 Å². The van der Waals surface area contributed by atoms with Crippen LogP contribution >= 0.6 is 11.6 Å². The van der Waals surface area contributed by atoms with Gasteiger partial charge in [0.1, 0.15) is 11.7 Å². The largest absolute Gasteiger partial charge is 0.468 e. The summed E-state index contributed by atoms with van der Waals surface area (Å²) in [5, 5.41) is 0.370. The van der Waals surface area contributed by atoms with Crippen LogP contribution in [0.3, 0.4) is 0 Å². The highest BCUT2D eigenvalue weighted by Crippen LogP contribution is 2.51. The Morgan fingerprint density at radius 1 is 1.52 bits per heavy atom. The molecule has 3 nitrogen and oxygen atoms in total. The van der Waals surface area contributed by atoms with Gasteiger partial charge < -0.3 is 4.74 Å². The minimum Gasteiger partial charge on any atom is -0.468 e. The third-order valence-electron chi connectivity index (χ3n) is 4.48. The van der Waals surface area contributed by atoms with Crippen LogP contribution in [0.25, 0.3) is 5.57 Å². The average molecular weight is 308 g/mol. The van der Waals surface area contributed by atoms with Crippen molar-refractivity contribution in [3.05, 3.63) is 40.4 Å². The van der Waals surface area contributed by atoms with Gasteiger partial charge in [-0.2, -0.15) is 0 Å². The maximum Gasteiger partial charge on any atom is 0.316 e. The van der Waals surface area contributed by atoms with Crippen molar-refractivity contribution in [3.63, 3.8) is 0 Å². The van der Waals surface area contributed by atoms with Crippen molar-refractivity contribution in [2.24, 2.45) is 5.92 Å². The Hall–Kier alpha value is -1.61. The van der Waals surface area contributed by atoms with Crippen molar-refractivity contribution < 1.29 is 18.4 Å². The van der Waals surface area contributed by atoms with Crippen LogP contribution in [0, 0.1) is 5.92 Å². The molecule has 0 radical (unpaired) electrons. The maximum atomic E-state index is 12.5. The number of hydrogen-bond acceptors (Lipinski definition) is 3. The molecule has 0 aromatic heterocycles. The number of hydrogen-bond donors (Lipinski definition) is 0. The summed E-state index contributed by atoms with van der Waals surface area (Å²) in [4.78, 5) is 24.2. The first-order valence-electron chi connectivity index (χ1n) is 8.33. The van der Waals surface area contributed by atoms with Gasteiger partial charge in [0.15, 0.2) is 0 Å². The number of methoxy groups -OCH3 is 1.